The predicted molar refractivity (Wildman–Crippen MR) is 114 cm³/mol. The average molecular weight is 390 g/mol. The van der Waals surface area contributed by atoms with E-state index in [9.17, 15) is 9.59 Å². The Morgan fingerprint density at radius 2 is 1.52 bits per heavy atom. The molecule has 0 unspecified atom stereocenters. The molecule has 0 atom stereocenters. The summed E-state index contributed by atoms with van der Waals surface area (Å²) < 4.78 is 5.21. The van der Waals surface area contributed by atoms with Gasteiger partial charge in [-0.25, -0.2) is 4.90 Å². The third-order valence-electron chi connectivity index (χ3n) is 5.83. The maximum absolute atomic E-state index is 13.5. The lowest BCUT2D eigenvalue weighted by Gasteiger charge is -2.32. The van der Waals surface area contributed by atoms with E-state index >= 15 is 0 Å². The maximum atomic E-state index is 13.5. The number of aryl methyl sites for hydroxylation is 1. The maximum Gasteiger partial charge on any atom is 0.282 e. The number of carbonyl (C=O) groups is 2. The van der Waals surface area contributed by atoms with Gasteiger partial charge in [-0.1, -0.05) is 36.8 Å². The highest BCUT2D eigenvalue weighted by Gasteiger charge is 2.42. The van der Waals surface area contributed by atoms with Crippen LogP contribution in [0.1, 0.15) is 30.9 Å². The van der Waals surface area contributed by atoms with Crippen molar-refractivity contribution in [3.05, 3.63) is 65.4 Å². The first kappa shape index (κ1) is 19.2. The number of rotatable bonds is 4. The van der Waals surface area contributed by atoms with E-state index in [-0.39, 0.29) is 11.8 Å². The fourth-order valence-electron chi connectivity index (χ4n) is 3.99. The number of benzene rings is 2. The number of ether oxygens (including phenoxy) is 1. The summed E-state index contributed by atoms with van der Waals surface area (Å²) in [5, 5.41) is 0. The summed E-state index contributed by atoms with van der Waals surface area (Å²) in [5.74, 6) is 0.812. The average Bonchev–Trinajstić information content (AvgIpc) is 2.99. The summed E-state index contributed by atoms with van der Waals surface area (Å²) >= 11 is 0. The molecule has 150 valence electrons. The van der Waals surface area contributed by atoms with E-state index in [1.54, 1.807) is 31.4 Å². The number of hydrogen-bond acceptors (Lipinski definition) is 4. The molecule has 2 aromatic rings. The Morgan fingerprint density at radius 3 is 2.10 bits per heavy atom. The molecule has 29 heavy (non-hydrogen) atoms. The van der Waals surface area contributed by atoms with E-state index in [1.807, 2.05) is 31.2 Å². The molecule has 0 radical (unpaired) electrons. The van der Waals surface area contributed by atoms with Gasteiger partial charge in [-0.2, -0.15) is 0 Å². The Labute approximate surface area is 171 Å². The highest BCUT2D eigenvalue weighted by Crippen LogP contribution is 2.36. The van der Waals surface area contributed by atoms with Crippen LogP contribution in [-0.4, -0.2) is 36.9 Å². The Morgan fingerprint density at radius 1 is 0.897 bits per heavy atom. The fraction of sp³-hybridized carbons (Fsp3) is 0.333. The molecule has 2 amide bonds. The molecule has 0 spiro atoms. The number of hydrogen-bond donors (Lipinski definition) is 0. The minimum atomic E-state index is -0.266. The Kier molecular flexibility index (Phi) is 5.14. The molecule has 0 saturated carbocycles. The van der Waals surface area contributed by atoms with E-state index in [0.717, 1.165) is 37.1 Å². The van der Waals surface area contributed by atoms with Crippen molar-refractivity contribution in [3.8, 4) is 5.75 Å². The van der Waals surface area contributed by atoms with E-state index in [4.69, 9.17) is 4.74 Å². The van der Waals surface area contributed by atoms with Gasteiger partial charge in [0.2, 0.25) is 0 Å². The van der Waals surface area contributed by atoms with Crippen LogP contribution in [0.2, 0.25) is 0 Å². The van der Waals surface area contributed by atoms with Crippen molar-refractivity contribution < 1.29 is 14.3 Å². The fourth-order valence-corrected chi connectivity index (χ4v) is 3.99. The molecule has 4 rings (SSSR count). The van der Waals surface area contributed by atoms with Gasteiger partial charge in [0.15, 0.2) is 0 Å². The quantitative estimate of drug-likeness (QED) is 0.740. The van der Waals surface area contributed by atoms with E-state index in [0.29, 0.717) is 28.6 Å². The largest absolute Gasteiger partial charge is 0.497 e. The number of likely N-dealkylation sites (tertiary alicyclic amines) is 1. The number of carbonyl (C=O) groups excluding carboxylic acids is 2. The van der Waals surface area contributed by atoms with E-state index in [2.05, 4.69) is 11.8 Å². The molecule has 2 aromatic carbocycles. The lowest BCUT2D eigenvalue weighted by atomic mass is 9.97. The Hall–Kier alpha value is -3.08. The first-order valence-corrected chi connectivity index (χ1v) is 10.1. The summed E-state index contributed by atoms with van der Waals surface area (Å²) in [5.41, 5.74) is 3.50. The number of anilines is 1. The van der Waals surface area contributed by atoms with Crippen molar-refractivity contribution in [1.29, 1.82) is 0 Å². The van der Waals surface area contributed by atoms with Gasteiger partial charge >= 0.3 is 0 Å². The molecule has 5 nitrogen and oxygen atoms in total. The van der Waals surface area contributed by atoms with Gasteiger partial charge < -0.3 is 9.64 Å². The molecule has 2 aliphatic heterocycles. The van der Waals surface area contributed by atoms with Crippen LogP contribution in [0.4, 0.5) is 5.69 Å². The molecular formula is C24H26N2O3. The van der Waals surface area contributed by atoms with Crippen LogP contribution in [0.3, 0.4) is 0 Å². The van der Waals surface area contributed by atoms with Crippen LogP contribution in [0.15, 0.2) is 54.2 Å². The number of piperidine rings is 1. The first-order valence-electron chi connectivity index (χ1n) is 10.1. The highest BCUT2D eigenvalue weighted by atomic mass is 16.5. The monoisotopic (exact) mass is 390 g/mol. The lowest BCUT2D eigenvalue weighted by Crippen LogP contribution is -2.38. The van der Waals surface area contributed by atoms with E-state index < -0.39 is 0 Å². The van der Waals surface area contributed by atoms with Crippen LogP contribution >= 0.6 is 0 Å². The standard InChI is InChI=1S/C24H26N2O3/c1-16-4-6-18(7-5-16)21-22(25-14-12-17(2)13-15-25)24(28)26(23(21)27)19-8-10-20(29-3)11-9-19/h4-11,17H,12-15H2,1-3H3. The molecule has 0 bridgehead atoms. The molecule has 0 N–H and O–H groups in total. The van der Waals surface area contributed by atoms with E-state index in [1.165, 1.54) is 4.90 Å². The van der Waals surface area contributed by atoms with Crippen molar-refractivity contribution in [1.82, 2.24) is 4.90 Å². The van der Waals surface area contributed by atoms with Crippen LogP contribution in [0, 0.1) is 12.8 Å². The molecule has 2 aliphatic rings. The smallest absolute Gasteiger partial charge is 0.282 e. The summed E-state index contributed by atoms with van der Waals surface area (Å²) in [6, 6.07) is 14.9. The minimum absolute atomic E-state index is 0.245. The number of amides is 2. The normalized spacial score (nSPS) is 18.0. The molecule has 2 heterocycles. The molecule has 1 saturated heterocycles. The molecule has 5 heteroatoms. The zero-order valence-electron chi connectivity index (χ0n) is 17.1. The van der Waals surface area contributed by atoms with Crippen molar-refractivity contribution in [2.45, 2.75) is 26.7 Å². The summed E-state index contributed by atoms with van der Waals surface area (Å²) in [4.78, 5) is 30.3. The highest BCUT2D eigenvalue weighted by molar-refractivity contribution is 6.45. The Bertz CT molecular complexity index is 953. The Balaban J connectivity index is 1.77. The van der Waals surface area contributed by atoms with Crippen molar-refractivity contribution >= 4 is 23.1 Å². The molecular weight excluding hydrogens is 364 g/mol. The van der Waals surface area contributed by atoms with Crippen molar-refractivity contribution in [3.63, 3.8) is 0 Å². The number of methoxy groups -OCH3 is 1. The summed E-state index contributed by atoms with van der Waals surface area (Å²) in [7, 11) is 1.59. The SMILES string of the molecule is COc1ccc(N2C(=O)C(c3ccc(C)cc3)=C(N3CCC(C)CC3)C2=O)cc1. The summed E-state index contributed by atoms with van der Waals surface area (Å²) in [6.45, 7) is 5.83. The van der Waals surface area contributed by atoms with Gasteiger partial charge in [-0.05, 0) is 55.5 Å². The second-order valence-corrected chi connectivity index (χ2v) is 7.90. The molecule has 0 aromatic heterocycles. The summed E-state index contributed by atoms with van der Waals surface area (Å²) in [6.07, 6.45) is 2.05. The third-order valence-corrected chi connectivity index (χ3v) is 5.83. The number of imide groups is 1. The lowest BCUT2D eigenvalue weighted by molar-refractivity contribution is -0.120. The van der Waals surface area contributed by atoms with Gasteiger partial charge in [0.25, 0.3) is 11.8 Å². The minimum Gasteiger partial charge on any atom is -0.497 e. The van der Waals surface area contributed by atoms with Gasteiger partial charge in [-0.3, -0.25) is 9.59 Å². The van der Waals surface area contributed by atoms with Gasteiger partial charge in [0, 0.05) is 13.1 Å². The predicted octanol–water partition coefficient (Wildman–Crippen LogP) is 4.02. The van der Waals surface area contributed by atoms with Crippen LogP contribution in [0.5, 0.6) is 5.75 Å². The zero-order chi connectivity index (χ0) is 20.5. The van der Waals surface area contributed by atoms with Gasteiger partial charge in [0.05, 0.1) is 18.4 Å². The second-order valence-electron chi connectivity index (χ2n) is 7.90. The van der Waals surface area contributed by atoms with Crippen molar-refractivity contribution in [2.24, 2.45) is 5.92 Å². The van der Waals surface area contributed by atoms with Crippen LogP contribution < -0.4 is 9.64 Å². The number of nitrogens with zero attached hydrogens (tertiary/aromatic N) is 2. The van der Waals surface area contributed by atoms with Gasteiger partial charge in [-0.15, -0.1) is 0 Å². The first-order chi connectivity index (χ1) is 14.0. The third kappa shape index (κ3) is 3.53. The topological polar surface area (TPSA) is 49.9 Å². The van der Waals surface area contributed by atoms with Crippen molar-refractivity contribution in [2.75, 3.05) is 25.1 Å². The second kappa shape index (κ2) is 7.74. The zero-order valence-corrected chi connectivity index (χ0v) is 17.1. The van der Waals surface area contributed by atoms with Gasteiger partial charge in [0.1, 0.15) is 11.4 Å². The molecule has 0 aliphatic carbocycles. The van der Waals surface area contributed by atoms with Crippen LogP contribution in [-0.2, 0) is 9.59 Å². The molecule has 1 fully saturated rings. The van der Waals surface area contributed by atoms with Crippen LogP contribution in [0.25, 0.3) is 5.57 Å².